The lowest BCUT2D eigenvalue weighted by atomic mass is 9.87. The standard InChI is InChI=1S/C15H23NO.ClH/c1-15(2,3)12-6-8-13(9-7-12)17-14-5-4-10-16-11-14;/h6-9,14,16H,4-5,10-11H2,1-3H3;1H. The molecule has 0 amide bonds. The number of nitrogens with one attached hydrogen (secondary N) is 1. The molecule has 0 spiro atoms. The summed E-state index contributed by atoms with van der Waals surface area (Å²) in [6.45, 7) is 8.79. The average Bonchev–Trinajstić information content (AvgIpc) is 2.30. The second-order valence-corrected chi connectivity index (χ2v) is 5.86. The highest BCUT2D eigenvalue weighted by atomic mass is 35.5. The number of halogens is 1. The van der Waals surface area contributed by atoms with Crippen molar-refractivity contribution in [3.63, 3.8) is 0 Å². The Morgan fingerprint density at radius 3 is 2.33 bits per heavy atom. The molecule has 0 aliphatic carbocycles. The van der Waals surface area contributed by atoms with Crippen LogP contribution in [0.3, 0.4) is 0 Å². The molecule has 1 heterocycles. The van der Waals surface area contributed by atoms with Crippen molar-refractivity contribution in [2.45, 2.75) is 45.1 Å². The molecule has 2 rings (SSSR count). The van der Waals surface area contributed by atoms with E-state index < -0.39 is 0 Å². The molecule has 3 heteroatoms. The first-order chi connectivity index (χ1) is 8.05. The topological polar surface area (TPSA) is 21.3 Å². The van der Waals surface area contributed by atoms with Crippen LogP contribution in [0.1, 0.15) is 39.2 Å². The lowest BCUT2D eigenvalue weighted by molar-refractivity contribution is 0.167. The highest BCUT2D eigenvalue weighted by molar-refractivity contribution is 5.85. The van der Waals surface area contributed by atoms with Crippen molar-refractivity contribution in [2.75, 3.05) is 13.1 Å². The molecule has 0 radical (unpaired) electrons. The fraction of sp³-hybridized carbons (Fsp3) is 0.600. The van der Waals surface area contributed by atoms with Gasteiger partial charge in [-0.1, -0.05) is 32.9 Å². The molecule has 1 aromatic carbocycles. The summed E-state index contributed by atoms with van der Waals surface area (Å²) < 4.78 is 5.96. The number of hydrogen-bond donors (Lipinski definition) is 1. The van der Waals surface area contributed by atoms with Gasteiger partial charge in [-0.25, -0.2) is 0 Å². The summed E-state index contributed by atoms with van der Waals surface area (Å²) in [6, 6.07) is 8.53. The molecule has 1 aromatic rings. The maximum atomic E-state index is 5.96. The Kier molecular flexibility index (Phi) is 5.48. The van der Waals surface area contributed by atoms with Gasteiger partial charge in [-0.05, 0) is 42.5 Å². The molecule has 1 saturated heterocycles. The Morgan fingerprint density at radius 1 is 1.17 bits per heavy atom. The zero-order chi connectivity index (χ0) is 12.3. The highest BCUT2D eigenvalue weighted by Gasteiger charge is 2.16. The minimum Gasteiger partial charge on any atom is -0.489 e. The number of piperidine rings is 1. The third-order valence-corrected chi connectivity index (χ3v) is 3.27. The van der Waals surface area contributed by atoms with Crippen molar-refractivity contribution in [3.05, 3.63) is 29.8 Å². The summed E-state index contributed by atoms with van der Waals surface area (Å²) in [5.41, 5.74) is 1.57. The quantitative estimate of drug-likeness (QED) is 0.887. The van der Waals surface area contributed by atoms with Crippen LogP contribution < -0.4 is 10.1 Å². The summed E-state index contributed by atoms with van der Waals surface area (Å²) in [6.07, 6.45) is 2.71. The van der Waals surface area contributed by atoms with Crippen LogP contribution in [-0.4, -0.2) is 19.2 Å². The van der Waals surface area contributed by atoms with Gasteiger partial charge in [-0.3, -0.25) is 0 Å². The third kappa shape index (κ3) is 4.18. The molecule has 0 bridgehead atoms. The van der Waals surface area contributed by atoms with Gasteiger partial charge in [0, 0.05) is 6.54 Å². The van der Waals surface area contributed by atoms with Gasteiger partial charge in [0.1, 0.15) is 11.9 Å². The van der Waals surface area contributed by atoms with Gasteiger partial charge in [0.25, 0.3) is 0 Å². The van der Waals surface area contributed by atoms with Crippen molar-refractivity contribution in [2.24, 2.45) is 0 Å². The summed E-state index contributed by atoms with van der Waals surface area (Å²) in [5.74, 6) is 0.992. The molecule has 1 unspecified atom stereocenters. The van der Waals surface area contributed by atoms with E-state index in [1.54, 1.807) is 0 Å². The molecule has 0 saturated carbocycles. The number of hydrogen-bond acceptors (Lipinski definition) is 2. The summed E-state index contributed by atoms with van der Waals surface area (Å²) in [7, 11) is 0. The van der Waals surface area contributed by atoms with Crippen molar-refractivity contribution in [3.8, 4) is 5.75 Å². The first kappa shape index (κ1) is 15.3. The van der Waals surface area contributed by atoms with Gasteiger partial charge in [-0.15, -0.1) is 12.4 Å². The predicted molar refractivity (Wildman–Crippen MR) is 78.9 cm³/mol. The van der Waals surface area contributed by atoms with Gasteiger partial charge in [0.15, 0.2) is 0 Å². The number of rotatable bonds is 2. The smallest absolute Gasteiger partial charge is 0.119 e. The van der Waals surface area contributed by atoms with E-state index in [4.69, 9.17) is 4.74 Å². The van der Waals surface area contributed by atoms with Gasteiger partial charge in [-0.2, -0.15) is 0 Å². The average molecular weight is 270 g/mol. The van der Waals surface area contributed by atoms with E-state index in [1.807, 2.05) is 0 Å². The summed E-state index contributed by atoms with van der Waals surface area (Å²) >= 11 is 0. The molecular weight excluding hydrogens is 246 g/mol. The number of ether oxygens (including phenoxy) is 1. The van der Waals surface area contributed by atoms with Crippen LogP contribution in [0.5, 0.6) is 5.75 Å². The first-order valence-corrected chi connectivity index (χ1v) is 6.53. The second-order valence-electron chi connectivity index (χ2n) is 5.86. The van der Waals surface area contributed by atoms with Crippen LogP contribution in [0, 0.1) is 0 Å². The zero-order valence-electron chi connectivity index (χ0n) is 11.5. The van der Waals surface area contributed by atoms with E-state index in [-0.39, 0.29) is 17.8 Å². The van der Waals surface area contributed by atoms with E-state index in [0.717, 1.165) is 25.3 Å². The Labute approximate surface area is 117 Å². The molecule has 0 aromatic heterocycles. The van der Waals surface area contributed by atoms with Gasteiger partial charge in [0.2, 0.25) is 0 Å². The van der Waals surface area contributed by atoms with Crippen LogP contribution in [-0.2, 0) is 5.41 Å². The number of benzene rings is 1. The monoisotopic (exact) mass is 269 g/mol. The molecule has 1 fully saturated rings. The molecule has 102 valence electrons. The maximum absolute atomic E-state index is 5.96. The predicted octanol–water partition coefficient (Wildman–Crippen LogP) is 3.54. The normalized spacial score (nSPS) is 20.1. The Morgan fingerprint density at radius 2 is 1.83 bits per heavy atom. The van der Waals surface area contributed by atoms with E-state index in [9.17, 15) is 0 Å². The molecule has 1 aliphatic rings. The lowest BCUT2D eigenvalue weighted by Crippen LogP contribution is -2.37. The minimum absolute atomic E-state index is 0. The SMILES string of the molecule is CC(C)(C)c1ccc(OC2CCCNC2)cc1.Cl. The molecule has 1 aliphatic heterocycles. The van der Waals surface area contributed by atoms with Gasteiger partial charge in [0.05, 0.1) is 0 Å². The van der Waals surface area contributed by atoms with E-state index >= 15 is 0 Å². The summed E-state index contributed by atoms with van der Waals surface area (Å²) in [4.78, 5) is 0. The highest BCUT2D eigenvalue weighted by Crippen LogP contribution is 2.25. The third-order valence-electron chi connectivity index (χ3n) is 3.27. The Hall–Kier alpha value is -0.730. The van der Waals surface area contributed by atoms with Crippen molar-refractivity contribution >= 4 is 12.4 Å². The van der Waals surface area contributed by atoms with E-state index in [0.29, 0.717) is 6.10 Å². The fourth-order valence-electron chi connectivity index (χ4n) is 2.15. The second kappa shape index (κ2) is 6.44. The minimum atomic E-state index is 0. The maximum Gasteiger partial charge on any atom is 0.119 e. The Bertz CT molecular complexity index is 350. The largest absolute Gasteiger partial charge is 0.489 e. The van der Waals surface area contributed by atoms with Crippen LogP contribution >= 0.6 is 12.4 Å². The van der Waals surface area contributed by atoms with E-state index in [1.165, 1.54) is 12.0 Å². The Balaban J connectivity index is 0.00000162. The fourth-order valence-corrected chi connectivity index (χ4v) is 2.15. The zero-order valence-corrected chi connectivity index (χ0v) is 12.3. The van der Waals surface area contributed by atoms with Gasteiger partial charge >= 0.3 is 0 Å². The van der Waals surface area contributed by atoms with E-state index in [2.05, 4.69) is 50.4 Å². The molecule has 18 heavy (non-hydrogen) atoms. The van der Waals surface area contributed by atoms with Crippen LogP contribution in [0.4, 0.5) is 0 Å². The van der Waals surface area contributed by atoms with Crippen molar-refractivity contribution in [1.82, 2.24) is 5.32 Å². The molecule has 2 nitrogen and oxygen atoms in total. The lowest BCUT2D eigenvalue weighted by Gasteiger charge is -2.24. The van der Waals surface area contributed by atoms with Crippen LogP contribution in [0.25, 0.3) is 0 Å². The van der Waals surface area contributed by atoms with Crippen molar-refractivity contribution < 1.29 is 4.74 Å². The molecule has 1 atom stereocenters. The van der Waals surface area contributed by atoms with Crippen LogP contribution in [0.15, 0.2) is 24.3 Å². The van der Waals surface area contributed by atoms with Crippen molar-refractivity contribution in [1.29, 1.82) is 0 Å². The summed E-state index contributed by atoms with van der Waals surface area (Å²) in [5, 5.41) is 3.37. The van der Waals surface area contributed by atoms with Crippen LogP contribution in [0.2, 0.25) is 0 Å². The molecular formula is C15H24ClNO. The first-order valence-electron chi connectivity index (χ1n) is 6.53. The van der Waals surface area contributed by atoms with Gasteiger partial charge < -0.3 is 10.1 Å². The molecule has 1 N–H and O–H groups in total.